The van der Waals surface area contributed by atoms with E-state index < -0.39 is 0 Å². The van der Waals surface area contributed by atoms with Gasteiger partial charge in [0, 0.05) is 13.1 Å². The summed E-state index contributed by atoms with van der Waals surface area (Å²) in [6, 6.07) is 6.32. The molecule has 0 aliphatic carbocycles. The maximum atomic E-state index is 5.26. The summed E-state index contributed by atoms with van der Waals surface area (Å²) in [5.74, 6) is 1.73. The first kappa shape index (κ1) is 14.8. The molecule has 0 aromatic heterocycles. The van der Waals surface area contributed by atoms with Crippen LogP contribution >= 0.6 is 15.9 Å². The number of nitrogens with zero attached hydrogens (tertiary/aromatic N) is 1. The molecular formula is C15H23BrN2O. The fraction of sp³-hybridized carbons (Fsp3) is 0.600. The number of benzene rings is 1. The van der Waals surface area contributed by atoms with Gasteiger partial charge in [0.2, 0.25) is 0 Å². The Morgan fingerprint density at radius 1 is 1.37 bits per heavy atom. The quantitative estimate of drug-likeness (QED) is 0.900. The van der Waals surface area contributed by atoms with Crippen LogP contribution in [0.15, 0.2) is 22.7 Å². The summed E-state index contributed by atoms with van der Waals surface area (Å²) in [6.07, 6.45) is 2.60. The van der Waals surface area contributed by atoms with Crippen molar-refractivity contribution in [2.24, 2.45) is 5.92 Å². The first-order valence-corrected chi connectivity index (χ1v) is 7.70. The van der Waals surface area contributed by atoms with Crippen LogP contribution < -0.4 is 10.1 Å². The maximum Gasteiger partial charge on any atom is 0.133 e. The fourth-order valence-corrected chi connectivity index (χ4v) is 3.28. The molecule has 0 radical (unpaired) electrons. The van der Waals surface area contributed by atoms with Crippen LogP contribution in [-0.2, 0) is 6.54 Å². The summed E-state index contributed by atoms with van der Waals surface area (Å²) in [5, 5.41) is 3.42. The standard InChI is InChI=1S/C15H23BrN2O/c1-18(10-12-5-7-17-8-6-12)11-13-3-4-15(19-2)14(16)9-13/h3-4,9,12,17H,5-8,10-11H2,1-2H3. The normalized spacial score (nSPS) is 16.8. The first-order chi connectivity index (χ1) is 9.19. The van der Waals surface area contributed by atoms with E-state index in [0.717, 1.165) is 22.7 Å². The molecule has 0 spiro atoms. The van der Waals surface area contributed by atoms with Gasteiger partial charge in [-0.2, -0.15) is 0 Å². The Morgan fingerprint density at radius 2 is 2.11 bits per heavy atom. The molecule has 1 saturated heterocycles. The Labute approximate surface area is 124 Å². The van der Waals surface area contributed by atoms with Gasteiger partial charge in [0.25, 0.3) is 0 Å². The zero-order valence-electron chi connectivity index (χ0n) is 11.8. The van der Waals surface area contributed by atoms with E-state index in [9.17, 15) is 0 Å². The lowest BCUT2D eigenvalue weighted by atomic mass is 9.97. The van der Waals surface area contributed by atoms with Gasteiger partial charge in [-0.15, -0.1) is 0 Å². The van der Waals surface area contributed by atoms with Crippen molar-refractivity contribution < 1.29 is 4.74 Å². The van der Waals surface area contributed by atoms with Crippen molar-refractivity contribution in [2.45, 2.75) is 19.4 Å². The molecule has 1 aromatic carbocycles. The molecule has 1 aliphatic heterocycles. The van der Waals surface area contributed by atoms with Crippen LogP contribution in [0, 0.1) is 5.92 Å². The topological polar surface area (TPSA) is 24.5 Å². The largest absolute Gasteiger partial charge is 0.496 e. The number of hydrogen-bond donors (Lipinski definition) is 1. The van der Waals surface area contributed by atoms with Gasteiger partial charge in [-0.1, -0.05) is 6.07 Å². The Balaban J connectivity index is 1.87. The molecule has 0 bridgehead atoms. The number of methoxy groups -OCH3 is 1. The number of rotatable bonds is 5. The minimum absolute atomic E-state index is 0.841. The van der Waals surface area contributed by atoms with Gasteiger partial charge in [0.1, 0.15) is 5.75 Å². The lowest BCUT2D eigenvalue weighted by Crippen LogP contribution is -2.34. The van der Waals surface area contributed by atoms with E-state index in [4.69, 9.17) is 4.74 Å². The molecule has 3 nitrogen and oxygen atoms in total. The van der Waals surface area contributed by atoms with Crippen molar-refractivity contribution in [3.8, 4) is 5.75 Å². The second kappa shape index (κ2) is 7.27. The van der Waals surface area contributed by atoms with Gasteiger partial charge >= 0.3 is 0 Å². The number of piperidine rings is 1. The molecule has 0 unspecified atom stereocenters. The van der Waals surface area contributed by atoms with Crippen LogP contribution in [-0.4, -0.2) is 38.7 Å². The second-order valence-electron chi connectivity index (χ2n) is 5.36. The number of hydrogen-bond acceptors (Lipinski definition) is 3. The van der Waals surface area contributed by atoms with Crippen molar-refractivity contribution >= 4 is 15.9 Å². The molecule has 1 heterocycles. The van der Waals surface area contributed by atoms with Crippen LogP contribution in [0.1, 0.15) is 18.4 Å². The smallest absolute Gasteiger partial charge is 0.133 e. The highest BCUT2D eigenvalue weighted by Crippen LogP contribution is 2.26. The van der Waals surface area contributed by atoms with Gasteiger partial charge in [0.15, 0.2) is 0 Å². The third kappa shape index (κ3) is 4.48. The van der Waals surface area contributed by atoms with Gasteiger partial charge < -0.3 is 15.0 Å². The molecule has 1 N–H and O–H groups in total. The van der Waals surface area contributed by atoms with Crippen molar-refractivity contribution in [2.75, 3.05) is 33.8 Å². The Morgan fingerprint density at radius 3 is 2.74 bits per heavy atom. The van der Waals surface area contributed by atoms with E-state index in [2.05, 4.69) is 45.3 Å². The van der Waals surface area contributed by atoms with Gasteiger partial charge in [-0.05, 0) is 72.5 Å². The molecular weight excluding hydrogens is 304 g/mol. The molecule has 4 heteroatoms. The maximum absolute atomic E-state index is 5.26. The summed E-state index contributed by atoms with van der Waals surface area (Å²) in [6.45, 7) is 4.52. The third-order valence-corrected chi connectivity index (χ3v) is 4.32. The number of halogens is 1. The van der Waals surface area contributed by atoms with E-state index in [1.54, 1.807) is 7.11 Å². The third-order valence-electron chi connectivity index (χ3n) is 3.70. The summed E-state index contributed by atoms with van der Waals surface area (Å²) >= 11 is 3.54. The van der Waals surface area contributed by atoms with Crippen molar-refractivity contribution in [1.29, 1.82) is 0 Å². The second-order valence-corrected chi connectivity index (χ2v) is 6.21. The Hall–Kier alpha value is -0.580. The SMILES string of the molecule is COc1ccc(CN(C)CC2CCNCC2)cc1Br. The predicted molar refractivity (Wildman–Crippen MR) is 82.6 cm³/mol. The molecule has 0 saturated carbocycles. The van der Waals surface area contributed by atoms with E-state index in [0.29, 0.717) is 0 Å². The molecule has 2 rings (SSSR count). The molecule has 1 fully saturated rings. The highest BCUT2D eigenvalue weighted by molar-refractivity contribution is 9.10. The zero-order chi connectivity index (χ0) is 13.7. The highest BCUT2D eigenvalue weighted by atomic mass is 79.9. The predicted octanol–water partition coefficient (Wildman–Crippen LogP) is 2.89. The lowest BCUT2D eigenvalue weighted by molar-refractivity contribution is 0.234. The average molecular weight is 327 g/mol. The van der Waals surface area contributed by atoms with Gasteiger partial charge in [0.05, 0.1) is 11.6 Å². The van der Waals surface area contributed by atoms with Gasteiger partial charge in [-0.25, -0.2) is 0 Å². The van der Waals surface area contributed by atoms with Crippen molar-refractivity contribution in [1.82, 2.24) is 10.2 Å². The summed E-state index contributed by atoms with van der Waals surface area (Å²) in [7, 11) is 3.91. The van der Waals surface area contributed by atoms with Crippen LogP contribution in [0.3, 0.4) is 0 Å². The molecule has 0 amide bonds. The molecule has 106 valence electrons. The van der Waals surface area contributed by atoms with E-state index in [1.807, 2.05) is 6.07 Å². The van der Waals surface area contributed by atoms with Crippen LogP contribution in [0.5, 0.6) is 5.75 Å². The first-order valence-electron chi connectivity index (χ1n) is 6.90. The number of ether oxygens (including phenoxy) is 1. The molecule has 19 heavy (non-hydrogen) atoms. The van der Waals surface area contributed by atoms with Crippen molar-refractivity contribution in [3.63, 3.8) is 0 Å². The molecule has 1 aliphatic rings. The lowest BCUT2D eigenvalue weighted by Gasteiger charge is -2.27. The van der Waals surface area contributed by atoms with E-state index >= 15 is 0 Å². The van der Waals surface area contributed by atoms with Gasteiger partial charge in [-0.3, -0.25) is 0 Å². The van der Waals surface area contributed by atoms with E-state index in [1.165, 1.54) is 38.0 Å². The highest BCUT2D eigenvalue weighted by Gasteiger charge is 2.15. The Bertz CT molecular complexity index is 405. The average Bonchev–Trinajstić information content (AvgIpc) is 2.40. The van der Waals surface area contributed by atoms with Crippen LogP contribution in [0.25, 0.3) is 0 Å². The Kier molecular flexibility index (Phi) is 5.67. The fourth-order valence-electron chi connectivity index (χ4n) is 2.69. The monoisotopic (exact) mass is 326 g/mol. The van der Waals surface area contributed by atoms with E-state index in [-0.39, 0.29) is 0 Å². The minimum atomic E-state index is 0.841. The van der Waals surface area contributed by atoms with Crippen LogP contribution in [0.2, 0.25) is 0 Å². The molecule has 0 atom stereocenters. The summed E-state index contributed by atoms with van der Waals surface area (Å²) < 4.78 is 6.29. The molecule has 1 aromatic rings. The summed E-state index contributed by atoms with van der Waals surface area (Å²) in [5.41, 5.74) is 1.32. The number of nitrogens with one attached hydrogen (secondary N) is 1. The minimum Gasteiger partial charge on any atom is -0.496 e. The van der Waals surface area contributed by atoms with Crippen molar-refractivity contribution in [3.05, 3.63) is 28.2 Å². The van der Waals surface area contributed by atoms with Crippen LogP contribution in [0.4, 0.5) is 0 Å². The zero-order valence-corrected chi connectivity index (χ0v) is 13.4. The summed E-state index contributed by atoms with van der Waals surface area (Å²) in [4.78, 5) is 2.42.